The van der Waals surface area contributed by atoms with E-state index < -0.39 is 0 Å². The third-order valence-corrected chi connectivity index (χ3v) is 3.52. The van der Waals surface area contributed by atoms with Crippen molar-refractivity contribution in [2.24, 2.45) is 0 Å². The number of hydrogen-bond donors (Lipinski definition) is 0. The van der Waals surface area contributed by atoms with Crippen LogP contribution in [0.3, 0.4) is 0 Å². The second-order valence-corrected chi connectivity index (χ2v) is 5.12. The Morgan fingerprint density at radius 1 is 1.00 bits per heavy atom. The van der Waals surface area contributed by atoms with E-state index in [0.717, 1.165) is 37.3 Å². The molecule has 21 heavy (non-hydrogen) atoms. The summed E-state index contributed by atoms with van der Waals surface area (Å²) in [5.41, 5.74) is 1.84. The predicted molar refractivity (Wildman–Crippen MR) is 99.0 cm³/mol. The summed E-state index contributed by atoms with van der Waals surface area (Å²) in [4.78, 5) is 15.8. The van der Waals surface area contributed by atoms with Gasteiger partial charge in [-0.3, -0.25) is 4.79 Å². The molecule has 0 heterocycles. The predicted octanol–water partition coefficient (Wildman–Crippen LogP) is 4.18. The van der Waals surface area contributed by atoms with Crippen LogP contribution in [0.15, 0.2) is 4.79 Å². The quantitative estimate of drug-likeness (QED) is 0.704. The number of nitrogens with zero attached hydrogens (tertiary/aromatic N) is 2. The maximum Gasteiger partial charge on any atom is 0.203 e. The second-order valence-electron chi connectivity index (χ2n) is 4.71. The van der Waals surface area contributed by atoms with Gasteiger partial charge in [0.1, 0.15) is 4.51 Å². The van der Waals surface area contributed by atoms with E-state index in [1.54, 1.807) is 0 Å². The molecule has 0 fully saturated rings. The van der Waals surface area contributed by atoms with Crippen molar-refractivity contribution in [2.75, 3.05) is 38.6 Å². The summed E-state index contributed by atoms with van der Waals surface area (Å²) in [5, 5.41) is 0. The molecule has 3 nitrogen and oxygen atoms in total. The lowest BCUT2D eigenvalue weighted by Gasteiger charge is -2.24. The van der Waals surface area contributed by atoms with Crippen LogP contribution in [-0.4, -0.2) is 38.6 Å². The Morgan fingerprint density at radius 3 is 1.95 bits per heavy atom. The highest BCUT2D eigenvalue weighted by Gasteiger charge is 2.16. The largest absolute Gasteiger partial charge is 0.373 e. The zero-order valence-electron chi connectivity index (χ0n) is 15.2. The summed E-state index contributed by atoms with van der Waals surface area (Å²) in [7, 11) is 4.16. The lowest BCUT2D eigenvalue weighted by molar-refractivity contribution is 0.331. The summed E-state index contributed by atoms with van der Waals surface area (Å²) in [6.45, 7) is 15.2. The molecule has 0 spiro atoms. The topological polar surface area (TPSA) is 23.6 Å². The minimum Gasteiger partial charge on any atom is -0.373 e. The van der Waals surface area contributed by atoms with Crippen LogP contribution < -0.4 is 10.3 Å². The first kappa shape index (κ1) is 22.5. The Hall–Kier alpha value is -0.740. The molecule has 0 aliphatic carbocycles. The highest BCUT2D eigenvalue weighted by atomic mass is 32.1. The van der Waals surface area contributed by atoms with E-state index in [1.165, 1.54) is 6.42 Å². The summed E-state index contributed by atoms with van der Waals surface area (Å²) in [5.74, 6) is 0. The van der Waals surface area contributed by atoms with E-state index in [-0.39, 0.29) is 5.43 Å². The molecule has 1 rings (SSSR count). The molecule has 1 aromatic rings. The van der Waals surface area contributed by atoms with Crippen LogP contribution in [0.25, 0.3) is 0 Å². The third-order valence-electron chi connectivity index (χ3n) is 3.14. The molecule has 0 aliphatic rings. The first-order valence-corrected chi connectivity index (χ1v) is 8.59. The smallest absolute Gasteiger partial charge is 0.203 e. The summed E-state index contributed by atoms with van der Waals surface area (Å²) >= 11 is 5.07. The molecular weight excluding hydrogens is 280 g/mol. The molecule has 0 saturated carbocycles. The Bertz CT molecular complexity index is 436. The first-order valence-electron chi connectivity index (χ1n) is 8.18. The average molecular weight is 315 g/mol. The SMILES string of the molecule is CC.CC.CCCN(C)CCCN(C)c1c(C)c(=O)c1=S. The van der Waals surface area contributed by atoms with Gasteiger partial charge >= 0.3 is 0 Å². The fraction of sp³-hybridized carbons (Fsp3) is 0.765. The minimum absolute atomic E-state index is 0.0463. The molecule has 0 aromatic heterocycles. The summed E-state index contributed by atoms with van der Waals surface area (Å²) < 4.78 is 0.506. The van der Waals surface area contributed by atoms with Gasteiger partial charge in [-0.25, -0.2) is 0 Å². The molecule has 4 heteroatoms. The summed E-state index contributed by atoms with van der Waals surface area (Å²) in [6, 6.07) is 0. The van der Waals surface area contributed by atoms with Gasteiger partial charge in [0.25, 0.3) is 0 Å². The fourth-order valence-corrected chi connectivity index (χ4v) is 2.60. The van der Waals surface area contributed by atoms with Crippen molar-refractivity contribution in [3.05, 3.63) is 20.3 Å². The number of anilines is 1. The van der Waals surface area contributed by atoms with Crippen LogP contribution in [0.4, 0.5) is 5.69 Å². The minimum atomic E-state index is 0.0463. The van der Waals surface area contributed by atoms with Crippen LogP contribution in [0.2, 0.25) is 0 Å². The van der Waals surface area contributed by atoms with E-state index in [0.29, 0.717) is 4.51 Å². The van der Waals surface area contributed by atoms with Crippen molar-refractivity contribution in [1.29, 1.82) is 0 Å². The van der Waals surface area contributed by atoms with Gasteiger partial charge in [0.2, 0.25) is 5.43 Å². The Morgan fingerprint density at radius 2 is 1.52 bits per heavy atom. The maximum atomic E-state index is 11.3. The molecule has 124 valence electrons. The van der Waals surface area contributed by atoms with E-state index in [4.69, 9.17) is 12.2 Å². The van der Waals surface area contributed by atoms with E-state index in [9.17, 15) is 4.79 Å². The van der Waals surface area contributed by atoms with Crippen molar-refractivity contribution in [3.8, 4) is 0 Å². The zero-order valence-corrected chi connectivity index (χ0v) is 16.1. The molecule has 0 atom stereocenters. The molecule has 0 amide bonds. The number of rotatable bonds is 7. The fourth-order valence-electron chi connectivity index (χ4n) is 2.14. The highest BCUT2D eigenvalue weighted by molar-refractivity contribution is 7.71. The molecule has 0 saturated heterocycles. The standard InChI is InChI=1S/C13H22N2OS.2C2H6/c1-5-7-14(3)8-6-9-15(4)11-10(2)12(16)13(11)17;2*1-2/h5-9H2,1-4H3;2*1-2H3. The highest BCUT2D eigenvalue weighted by Crippen LogP contribution is 2.20. The lowest BCUT2D eigenvalue weighted by Crippen LogP contribution is -2.30. The maximum absolute atomic E-state index is 11.3. The molecular formula is C17H34N2OS. The van der Waals surface area contributed by atoms with Gasteiger partial charge in [0.05, 0.1) is 5.69 Å². The van der Waals surface area contributed by atoms with Crippen LogP contribution in [-0.2, 0) is 0 Å². The van der Waals surface area contributed by atoms with Crippen molar-refractivity contribution < 1.29 is 0 Å². The molecule has 0 unspecified atom stereocenters. The van der Waals surface area contributed by atoms with Crippen LogP contribution in [0, 0.1) is 11.4 Å². The van der Waals surface area contributed by atoms with Gasteiger partial charge in [-0.2, -0.15) is 0 Å². The Kier molecular flexibility index (Phi) is 13.9. The summed E-state index contributed by atoms with van der Waals surface area (Å²) in [6.07, 6.45) is 2.29. The van der Waals surface area contributed by atoms with Gasteiger partial charge in [0.15, 0.2) is 0 Å². The van der Waals surface area contributed by atoms with Crippen LogP contribution in [0.5, 0.6) is 0 Å². The normalized spacial score (nSPS) is 9.76. The van der Waals surface area contributed by atoms with Crippen LogP contribution in [0.1, 0.15) is 53.0 Å². The van der Waals surface area contributed by atoms with Crippen molar-refractivity contribution >= 4 is 17.9 Å². The monoisotopic (exact) mass is 314 g/mol. The molecule has 0 radical (unpaired) electrons. The molecule has 1 aromatic carbocycles. The molecule has 0 N–H and O–H groups in total. The Labute approximate surface area is 136 Å². The second kappa shape index (κ2) is 13.0. The van der Waals surface area contributed by atoms with E-state index >= 15 is 0 Å². The van der Waals surface area contributed by atoms with Crippen LogP contribution >= 0.6 is 12.2 Å². The van der Waals surface area contributed by atoms with Gasteiger partial charge < -0.3 is 9.80 Å². The van der Waals surface area contributed by atoms with Gasteiger partial charge in [-0.15, -0.1) is 0 Å². The van der Waals surface area contributed by atoms with Gasteiger partial charge in [-0.05, 0) is 39.9 Å². The average Bonchev–Trinajstić information content (AvgIpc) is 2.51. The van der Waals surface area contributed by atoms with Crippen molar-refractivity contribution in [3.63, 3.8) is 0 Å². The van der Waals surface area contributed by atoms with E-state index in [1.807, 2.05) is 41.7 Å². The third kappa shape index (κ3) is 7.18. The Balaban J connectivity index is 0. The van der Waals surface area contributed by atoms with Crippen molar-refractivity contribution in [2.45, 2.75) is 54.4 Å². The first-order chi connectivity index (χ1) is 9.99. The molecule has 0 aliphatic heterocycles. The molecule has 0 bridgehead atoms. The van der Waals surface area contributed by atoms with Gasteiger partial charge in [-0.1, -0.05) is 46.8 Å². The van der Waals surface area contributed by atoms with Crippen molar-refractivity contribution in [1.82, 2.24) is 4.90 Å². The number of hydrogen-bond acceptors (Lipinski definition) is 4. The van der Waals surface area contributed by atoms with E-state index in [2.05, 4.69) is 23.8 Å². The van der Waals surface area contributed by atoms with Gasteiger partial charge in [0, 0.05) is 19.2 Å². The lowest BCUT2D eigenvalue weighted by atomic mass is 10.1. The zero-order chi connectivity index (χ0) is 17.0.